The summed E-state index contributed by atoms with van der Waals surface area (Å²) < 4.78 is 16.4. The molecule has 1 amide bonds. The first kappa shape index (κ1) is 19.4. The molecule has 0 aromatic carbocycles. The van der Waals surface area contributed by atoms with E-state index >= 15 is 0 Å². The highest BCUT2D eigenvalue weighted by molar-refractivity contribution is 5.68. The average Bonchev–Trinajstić information content (AvgIpc) is 2.58. The summed E-state index contributed by atoms with van der Waals surface area (Å²) in [7, 11) is 1.56. The number of likely N-dealkylation sites (tertiary alicyclic amines) is 1. The highest BCUT2D eigenvalue weighted by atomic mass is 16.6. The first-order chi connectivity index (χ1) is 11.9. The van der Waals surface area contributed by atoms with Gasteiger partial charge in [-0.1, -0.05) is 0 Å². The van der Waals surface area contributed by atoms with E-state index in [4.69, 9.17) is 14.2 Å². The highest BCUT2D eigenvalue weighted by Crippen LogP contribution is 2.23. The minimum Gasteiger partial charge on any atom is -0.480 e. The van der Waals surface area contributed by atoms with E-state index in [0.717, 1.165) is 32.2 Å². The van der Waals surface area contributed by atoms with Gasteiger partial charge in [0.25, 0.3) is 0 Å². The van der Waals surface area contributed by atoms with Crippen LogP contribution in [-0.2, 0) is 16.1 Å². The Bertz CT molecular complexity index is 559. The predicted molar refractivity (Wildman–Crippen MR) is 93.4 cm³/mol. The summed E-state index contributed by atoms with van der Waals surface area (Å²) in [5.41, 5.74) is 0.204. The van der Waals surface area contributed by atoms with E-state index in [1.807, 2.05) is 25.7 Å². The first-order valence-corrected chi connectivity index (χ1v) is 8.82. The van der Waals surface area contributed by atoms with Gasteiger partial charge in [-0.25, -0.2) is 9.78 Å². The van der Waals surface area contributed by atoms with E-state index in [0.29, 0.717) is 24.8 Å². The molecule has 2 heterocycles. The predicted octanol–water partition coefficient (Wildman–Crippen LogP) is 3.18. The van der Waals surface area contributed by atoms with E-state index in [-0.39, 0.29) is 12.1 Å². The molecule has 140 valence electrons. The summed E-state index contributed by atoms with van der Waals surface area (Å²) in [6.45, 7) is 7.31. The third-order valence-corrected chi connectivity index (χ3v) is 4.02. The second-order valence-electron chi connectivity index (χ2n) is 7.18. The highest BCUT2D eigenvalue weighted by Gasteiger charge is 2.30. The average molecular weight is 351 g/mol. The summed E-state index contributed by atoms with van der Waals surface area (Å²) in [4.78, 5) is 22.6. The quantitative estimate of drug-likeness (QED) is 0.733. The van der Waals surface area contributed by atoms with Crippen LogP contribution in [-0.4, -0.2) is 52.9 Å². The van der Waals surface area contributed by atoms with Crippen molar-refractivity contribution in [1.82, 2.24) is 14.9 Å². The largest absolute Gasteiger partial charge is 0.480 e. The van der Waals surface area contributed by atoms with Crippen LogP contribution in [0.15, 0.2) is 12.4 Å². The molecule has 0 N–H and O–H groups in total. The van der Waals surface area contributed by atoms with Gasteiger partial charge in [-0.05, 0) is 46.5 Å². The number of methoxy groups -OCH3 is 1. The van der Waals surface area contributed by atoms with Crippen molar-refractivity contribution in [1.29, 1.82) is 0 Å². The number of ether oxygens (including phenoxy) is 3. The van der Waals surface area contributed by atoms with Crippen LogP contribution in [0.4, 0.5) is 4.79 Å². The zero-order chi connectivity index (χ0) is 18.3. The molecule has 1 fully saturated rings. The molecule has 1 saturated heterocycles. The van der Waals surface area contributed by atoms with E-state index in [1.165, 1.54) is 0 Å². The summed E-state index contributed by atoms with van der Waals surface area (Å²) >= 11 is 0. The van der Waals surface area contributed by atoms with E-state index in [9.17, 15) is 4.79 Å². The Morgan fingerprint density at radius 1 is 1.28 bits per heavy atom. The van der Waals surface area contributed by atoms with Crippen molar-refractivity contribution in [2.75, 3.05) is 20.3 Å². The minimum absolute atomic E-state index is 0.160. The molecule has 25 heavy (non-hydrogen) atoms. The van der Waals surface area contributed by atoms with Crippen LogP contribution in [0, 0.1) is 0 Å². The molecule has 1 aliphatic rings. The molecule has 1 aromatic rings. The van der Waals surface area contributed by atoms with Gasteiger partial charge in [-0.15, -0.1) is 0 Å². The second-order valence-corrected chi connectivity index (χ2v) is 7.18. The summed E-state index contributed by atoms with van der Waals surface area (Å²) in [6, 6.07) is 0.160. The zero-order valence-corrected chi connectivity index (χ0v) is 15.7. The molecule has 1 aromatic heterocycles. The fraction of sp³-hybridized carbons (Fsp3) is 0.722. The molecule has 0 bridgehead atoms. The molecule has 1 atom stereocenters. The van der Waals surface area contributed by atoms with Gasteiger partial charge in [0, 0.05) is 31.6 Å². The minimum atomic E-state index is -0.474. The maximum absolute atomic E-state index is 12.4. The van der Waals surface area contributed by atoms with Gasteiger partial charge in [0.1, 0.15) is 11.3 Å². The maximum atomic E-state index is 12.4. The molecule has 0 saturated carbocycles. The lowest BCUT2D eigenvalue weighted by atomic mass is 10.0. The Hall–Kier alpha value is -1.89. The molecule has 0 radical (unpaired) electrons. The Morgan fingerprint density at radius 2 is 2.04 bits per heavy atom. The molecule has 2 rings (SSSR count). The van der Waals surface area contributed by atoms with Crippen LogP contribution in [0.1, 0.15) is 52.1 Å². The van der Waals surface area contributed by atoms with Crippen molar-refractivity contribution in [2.24, 2.45) is 0 Å². The number of carbonyl (C=O) groups excluding carboxylic acids is 1. The number of carbonyl (C=O) groups is 1. The standard InChI is InChI=1S/C18H29N3O4/c1-18(2,3)25-17(22)21-11-6-5-7-14(21)8-12-24-13-15-16(23-4)20-10-9-19-15/h9-10,14H,5-8,11-13H2,1-4H3/t14-/m0/s1. The van der Waals surface area contributed by atoms with Gasteiger partial charge < -0.3 is 19.1 Å². The van der Waals surface area contributed by atoms with Crippen LogP contribution >= 0.6 is 0 Å². The number of hydrogen-bond acceptors (Lipinski definition) is 6. The Kier molecular flexibility index (Phi) is 6.99. The number of hydrogen-bond donors (Lipinski definition) is 0. The lowest BCUT2D eigenvalue weighted by Crippen LogP contribution is -2.46. The van der Waals surface area contributed by atoms with Crippen molar-refractivity contribution in [2.45, 2.75) is 64.7 Å². The van der Waals surface area contributed by atoms with E-state index in [1.54, 1.807) is 19.5 Å². The molecule has 7 heteroatoms. The summed E-state index contributed by atoms with van der Waals surface area (Å²) in [5, 5.41) is 0. The van der Waals surface area contributed by atoms with Crippen LogP contribution in [0.3, 0.4) is 0 Å². The van der Waals surface area contributed by atoms with E-state index in [2.05, 4.69) is 9.97 Å². The maximum Gasteiger partial charge on any atom is 0.410 e. The van der Waals surface area contributed by atoms with Gasteiger partial charge in [-0.2, -0.15) is 0 Å². The SMILES string of the molecule is COc1nccnc1COCC[C@@H]1CCCCN1C(=O)OC(C)(C)C. The first-order valence-electron chi connectivity index (χ1n) is 8.82. The van der Waals surface area contributed by atoms with Crippen molar-refractivity contribution >= 4 is 6.09 Å². The van der Waals surface area contributed by atoms with Crippen molar-refractivity contribution in [3.05, 3.63) is 18.1 Å². The number of piperidine rings is 1. The van der Waals surface area contributed by atoms with Crippen LogP contribution in [0.2, 0.25) is 0 Å². The van der Waals surface area contributed by atoms with Crippen molar-refractivity contribution < 1.29 is 19.0 Å². The zero-order valence-electron chi connectivity index (χ0n) is 15.7. The molecule has 7 nitrogen and oxygen atoms in total. The lowest BCUT2D eigenvalue weighted by Gasteiger charge is -2.36. The van der Waals surface area contributed by atoms with Gasteiger partial charge in [0.05, 0.1) is 13.7 Å². The lowest BCUT2D eigenvalue weighted by molar-refractivity contribution is 0.00362. The van der Waals surface area contributed by atoms with Crippen LogP contribution < -0.4 is 4.74 Å². The Balaban J connectivity index is 1.82. The third kappa shape index (κ3) is 6.16. The number of rotatable bonds is 6. The number of amides is 1. The second kappa shape index (κ2) is 8.99. The molecular formula is C18H29N3O4. The van der Waals surface area contributed by atoms with Crippen molar-refractivity contribution in [3.63, 3.8) is 0 Å². The third-order valence-electron chi connectivity index (χ3n) is 4.02. The smallest absolute Gasteiger partial charge is 0.410 e. The molecule has 0 unspecified atom stereocenters. The number of nitrogens with zero attached hydrogens (tertiary/aromatic N) is 3. The van der Waals surface area contributed by atoms with Gasteiger partial charge in [0.15, 0.2) is 0 Å². The Morgan fingerprint density at radius 3 is 2.76 bits per heavy atom. The fourth-order valence-corrected chi connectivity index (χ4v) is 2.87. The topological polar surface area (TPSA) is 73.8 Å². The van der Waals surface area contributed by atoms with E-state index < -0.39 is 5.60 Å². The molecule has 0 spiro atoms. The summed E-state index contributed by atoms with van der Waals surface area (Å²) in [6.07, 6.45) is 6.89. The normalized spacial score (nSPS) is 18.1. The van der Waals surface area contributed by atoms with Gasteiger partial charge in [-0.3, -0.25) is 4.98 Å². The van der Waals surface area contributed by atoms with Gasteiger partial charge >= 0.3 is 6.09 Å². The molecule has 0 aliphatic carbocycles. The summed E-state index contributed by atoms with van der Waals surface area (Å²) in [5.74, 6) is 0.482. The van der Waals surface area contributed by atoms with Crippen LogP contribution in [0.5, 0.6) is 5.88 Å². The molecule has 1 aliphatic heterocycles. The van der Waals surface area contributed by atoms with Crippen LogP contribution in [0.25, 0.3) is 0 Å². The molecular weight excluding hydrogens is 322 g/mol. The van der Waals surface area contributed by atoms with Crippen molar-refractivity contribution in [3.8, 4) is 5.88 Å². The van der Waals surface area contributed by atoms with Gasteiger partial charge in [0.2, 0.25) is 5.88 Å². The monoisotopic (exact) mass is 351 g/mol. The number of aromatic nitrogens is 2. The fourth-order valence-electron chi connectivity index (χ4n) is 2.87. The Labute approximate surface area is 149 Å².